The van der Waals surface area contributed by atoms with E-state index in [0.29, 0.717) is 19.0 Å². The van der Waals surface area contributed by atoms with Crippen LogP contribution in [-0.4, -0.2) is 28.7 Å². The van der Waals surface area contributed by atoms with Gasteiger partial charge in [-0.25, -0.2) is 0 Å². The van der Waals surface area contributed by atoms with Crippen LogP contribution in [0.3, 0.4) is 0 Å². The van der Waals surface area contributed by atoms with Gasteiger partial charge in [-0.1, -0.05) is 6.07 Å². The number of furan rings is 1. The van der Waals surface area contributed by atoms with Gasteiger partial charge in [-0.3, -0.25) is 9.69 Å². The number of benzene rings is 1. The van der Waals surface area contributed by atoms with Gasteiger partial charge in [-0.05, 0) is 48.1 Å². The Kier molecular flexibility index (Phi) is 6.39. The summed E-state index contributed by atoms with van der Waals surface area (Å²) >= 11 is 1.59. The molecule has 1 radical (unpaired) electrons. The summed E-state index contributed by atoms with van der Waals surface area (Å²) in [4.78, 5) is 14.1. The SMILES string of the molecule is O=C1CSC(COCc2cc[c-]o2)N1c1ccc2c(c1)CCC2O.[Y]. The van der Waals surface area contributed by atoms with Gasteiger partial charge in [-0.2, -0.15) is 6.07 Å². The zero-order chi connectivity index (χ0) is 16.5. The van der Waals surface area contributed by atoms with Gasteiger partial charge < -0.3 is 14.3 Å². The Morgan fingerprint density at radius 3 is 3.08 bits per heavy atom. The van der Waals surface area contributed by atoms with Gasteiger partial charge in [-0.15, -0.1) is 17.8 Å². The summed E-state index contributed by atoms with van der Waals surface area (Å²) < 4.78 is 10.8. The molecular weight excluding hydrogens is 415 g/mol. The van der Waals surface area contributed by atoms with Crippen molar-refractivity contribution in [3.63, 3.8) is 0 Å². The van der Waals surface area contributed by atoms with Crippen molar-refractivity contribution in [1.29, 1.82) is 0 Å². The van der Waals surface area contributed by atoms with Crippen molar-refractivity contribution < 1.29 is 51.8 Å². The third-order valence-corrected chi connectivity index (χ3v) is 5.58. The molecule has 1 saturated heterocycles. The van der Waals surface area contributed by atoms with Crippen molar-refractivity contribution in [3.8, 4) is 0 Å². The molecule has 7 heteroatoms. The van der Waals surface area contributed by atoms with Crippen LogP contribution >= 0.6 is 11.8 Å². The number of hydrogen-bond acceptors (Lipinski definition) is 5. The molecule has 1 aromatic carbocycles. The van der Waals surface area contributed by atoms with Crippen LogP contribution in [-0.2, 0) is 55.3 Å². The van der Waals surface area contributed by atoms with Crippen molar-refractivity contribution in [2.24, 2.45) is 0 Å². The van der Waals surface area contributed by atoms with Crippen LogP contribution in [0.25, 0.3) is 0 Å². The number of carbonyl (C=O) groups is 1. The van der Waals surface area contributed by atoms with Crippen molar-refractivity contribution in [3.05, 3.63) is 53.5 Å². The quantitative estimate of drug-likeness (QED) is 0.735. The second-order valence-electron chi connectivity index (χ2n) is 6.00. The monoisotopic (exact) mass is 433 g/mol. The standard InChI is InChI=1S/C18H18NO4S.Y/c20-16-6-3-12-8-13(4-5-15(12)16)19-17(21)11-24-18(19)10-22-9-14-2-1-7-23-14;/h1-2,4-5,8,16,18,20H,3,6,9-11H2;/q-1;. The Hall–Kier alpha value is -0.656. The second-order valence-corrected chi connectivity index (χ2v) is 7.17. The Balaban J connectivity index is 0.00000182. The number of aliphatic hydroxyl groups excluding tert-OH is 1. The van der Waals surface area contributed by atoms with Crippen LogP contribution in [0, 0.1) is 6.26 Å². The number of amides is 1. The summed E-state index contributed by atoms with van der Waals surface area (Å²) in [5, 5.41) is 9.89. The average Bonchev–Trinajstić information content (AvgIpc) is 3.30. The van der Waals surface area contributed by atoms with Crippen LogP contribution in [0.15, 0.2) is 34.7 Å². The zero-order valence-corrected chi connectivity index (χ0v) is 17.3. The number of aryl methyl sites for hydroxylation is 1. The summed E-state index contributed by atoms with van der Waals surface area (Å²) in [7, 11) is 0. The first-order chi connectivity index (χ1) is 11.7. The molecular formula is C18H18NO4SY-. The van der Waals surface area contributed by atoms with Gasteiger partial charge in [0.2, 0.25) is 5.91 Å². The van der Waals surface area contributed by atoms with E-state index in [1.807, 2.05) is 29.2 Å². The molecule has 5 nitrogen and oxygen atoms in total. The minimum Gasteiger partial charge on any atom is -0.593 e. The summed E-state index contributed by atoms with van der Waals surface area (Å²) in [6.45, 7) is 0.815. The molecule has 1 fully saturated rings. The molecule has 1 aliphatic carbocycles. The van der Waals surface area contributed by atoms with E-state index in [1.54, 1.807) is 17.8 Å². The van der Waals surface area contributed by atoms with Crippen molar-refractivity contribution in [1.82, 2.24) is 0 Å². The van der Waals surface area contributed by atoms with E-state index < -0.39 is 0 Å². The minimum absolute atomic E-state index is 0. The molecule has 25 heavy (non-hydrogen) atoms. The number of ether oxygens (including phenoxy) is 1. The van der Waals surface area contributed by atoms with Crippen LogP contribution in [0.4, 0.5) is 5.69 Å². The van der Waals surface area contributed by atoms with Crippen LogP contribution in [0.1, 0.15) is 29.4 Å². The molecule has 2 aliphatic rings. The number of nitrogens with zero attached hydrogens (tertiary/aromatic N) is 1. The predicted octanol–water partition coefficient (Wildman–Crippen LogP) is 2.68. The Morgan fingerprint density at radius 2 is 2.28 bits per heavy atom. The number of thioether (sulfide) groups is 1. The second kappa shape index (κ2) is 8.36. The molecule has 1 aromatic heterocycles. The Labute approximate surface area is 176 Å². The van der Waals surface area contributed by atoms with E-state index in [9.17, 15) is 9.90 Å². The smallest absolute Gasteiger partial charge is 0.238 e. The molecule has 0 saturated carbocycles. The van der Waals surface area contributed by atoms with E-state index in [0.717, 1.165) is 35.4 Å². The maximum atomic E-state index is 12.3. The molecule has 1 amide bonds. The van der Waals surface area contributed by atoms with Gasteiger partial charge in [0.1, 0.15) is 5.37 Å². The van der Waals surface area contributed by atoms with Gasteiger partial charge in [0, 0.05) is 45.0 Å². The van der Waals surface area contributed by atoms with Crippen molar-refractivity contribution in [2.45, 2.75) is 30.9 Å². The van der Waals surface area contributed by atoms with Gasteiger partial charge in [0.15, 0.2) is 0 Å². The molecule has 2 unspecified atom stereocenters. The minimum atomic E-state index is -0.373. The zero-order valence-electron chi connectivity index (χ0n) is 13.7. The maximum absolute atomic E-state index is 12.3. The van der Waals surface area contributed by atoms with E-state index in [4.69, 9.17) is 9.15 Å². The summed E-state index contributed by atoms with van der Waals surface area (Å²) in [5.41, 5.74) is 3.01. The first-order valence-corrected chi connectivity index (χ1v) is 9.04. The Morgan fingerprint density at radius 1 is 1.40 bits per heavy atom. The van der Waals surface area contributed by atoms with Crippen molar-refractivity contribution >= 4 is 23.4 Å². The predicted molar refractivity (Wildman–Crippen MR) is 90.7 cm³/mol. The molecule has 0 bridgehead atoms. The topological polar surface area (TPSA) is 62.9 Å². The fourth-order valence-electron chi connectivity index (χ4n) is 3.24. The normalized spacial score (nSPS) is 22.1. The largest absolute Gasteiger partial charge is 0.593 e. The summed E-state index contributed by atoms with van der Waals surface area (Å²) in [6.07, 6.45) is 3.87. The number of aliphatic hydroxyl groups is 1. The summed E-state index contributed by atoms with van der Waals surface area (Å²) in [5.74, 6) is 1.28. The third-order valence-electron chi connectivity index (χ3n) is 4.44. The molecule has 2 atom stereocenters. The average molecular weight is 433 g/mol. The third kappa shape index (κ3) is 4.03. The fourth-order valence-corrected chi connectivity index (χ4v) is 4.30. The number of carbonyl (C=O) groups excluding carboxylic acids is 1. The Bertz CT molecular complexity index is 737. The molecule has 0 spiro atoms. The number of hydrogen-bond donors (Lipinski definition) is 1. The fraction of sp³-hybridized carbons (Fsp3) is 0.389. The number of anilines is 1. The van der Waals surface area contributed by atoms with E-state index in [1.165, 1.54) is 0 Å². The van der Waals surface area contributed by atoms with Crippen molar-refractivity contribution in [2.75, 3.05) is 17.3 Å². The molecule has 1 N–H and O–H groups in total. The van der Waals surface area contributed by atoms with Crippen LogP contribution in [0.2, 0.25) is 0 Å². The van der Waals surface area contributed by atoms with E-state index in [2.05, 4.69) is 6.26 Å². The van der Waals surface area contributed by atoms with Crippen LogP contribution < -0.4 is 4.90 Å². The van der Waals surface area contributed by atoms with Crippen LogP contribution in [0.5, 0.6) is 0 Å². The van der Waals surface area contributed by atoms with Gasteiger partial charge in [0.05, 0.1) is 18.5 Å². The molecule has 129 valence electrons. The summed E-state index contributed by atoms with van der Waals surface area (Å²) in [6, 6.07) is 9.42. The van der Waals surface area contributed by atoms with E-state index >= 15 is 0 Å². The molecule has 2 aromatic rings. The molecule has 1 aliphatic heterocycles. The van der Waals surface area contributed by atoms with Gasteiger partial charge >= 0.3 is 0 Å². The molecule has 4 rings (SSSR count). The van der Waals surface area contributed by atoms with E-state index in [-0.39, 0.29) is 50.1 Å². The first-order valence-electron chi connectivity index (χ1n) is 7.99. The number of fused-ring (bicyclic) bond motifs is 1. The first kappa shape index (κ1) is 19.1. The molecule has 2 heterocycles. The van der Waals surface area contributed by atoms with Gasteiger partial charge in [0.25, 0.3) is 0 Å². The number of rotatable bonds is 5. The maximum Gasteiger partial charge on any atom is 0.238 e.